The van der Waals surface area contributed by atoms with Crippen LogP contribution in [0.3, 0.4) is 0 Å². The largest absolute Gasteiger partial charge is 0.374 e. The lowest BCUT2D eigenvalue weighted by atomic mass is 10.0. The average molecular weight is 317 g/mol. The standard InChI is InChI=1S/C17H17ClN2O2/c1-12-10-20(17(21)14-7-8-16(18)19-9-14)15(11-22-12)13-5-3-2-4-6-13/h2-9,12,15H,10-11H2,1H3/t12-,15+/m0/s1. The molecule has 1 saturated heterocycles. The van der Waals surface area contributed by atoms with E-state index in [0.29, 0.717) is 23.9 Å². The zero-order chi connectivity index (χ0) is 15.5. The molecule has 0 saturated carbocycles. The van der Waals surface area contributed by atoms with Crippen LogP contribution in [0.4, 0.5) is 0 Å². The summed E-state index contributed by atoms with van der Waals surface area (Å²) in [7, 11) is 0. The number of nitrogens with zero attached hydrogens (tertiary/aromatic N) is 2. The van der Waals surface area contributed by atoms with Gasteiger partial charge in [-0.05, 0) is 24.6 Å². The van der Waals surface area contributed by atoms with Crippen LogP contribution in [-0.2, 0) is 4.74 Å². The van der Waals surface area contributed by atoms with Gasteiger partial charge in [0.15, 0.2) is 0 Å². The molecule has 1 aromatic carbocycles. The summed E-state index contributed by atoms with van der Waals surface area (Å²) in [5, 5.41) is 0.381. The first-order chi connectivity index (χ1) is 10.6. The number of rotatable bonds is 2. The van der Waals surface area contributed by atoms with Gasteiger partial charge in [0.1, 0.15) is 5.15 Å². The minimum atomic E-state index is -0.0828. The minimum absolute atomic E-state index is 0.0178. The van der Waals surface area contributed by atoms with Crippen molar-refractivity contribution < 1.29 is 9.53 Å². The summed E-state index contributed by atoms with van der Waals surface area (Å²) in [4.78, 5) is 18.7. The number of carbonyl (C=O) groups is 1. The molecule has 1 aliphatic heterocycles. The second-order valence-electron chi connectivity index (χ2n) is 5.40. The highest BCUT2D eigenvalue weighted by Crippen LogP contribution is 2.27. The Hall–Kier alpha value is -1.91. The lowest BCUT2D eigenvalue weighted by Crippen LogP contribution is -2.46. The number of hydrogen-bond donors (Lipinski definition) is 0. The van der Waals surface area contributed by atoms with Crippen molar-refractivity contribution in [3.8, 4) is 0 Å². The van der Waals surface area contributed by atoms with Crippen molar-refractivity contribution in [1.29, 1.82) is 0 Å². The molecule has 1 aromatic heterocycles. The van der Waals surface area contributed by atoms with Crippen molar-refractivity contribution in [2.75, 3.05) is 13.2 Å². The van der Waals surface area contributed by atoms with Crippen LogP contribution in [0.25, 0.3) is 0 Å². The van der Waals surface area contributed by atoms with Crippen LogP contribution in [0, 0.1) is 0 Å². The molecule has 2 heterocycles. The molecular formula is C17H17ClN2O2. The predicted molar refractivity (Wildman–Crippen MR) is 84.9 cm³/mol. The third-order valence-corrected chi connectivity index (χ3v) is 4.01. The molecule has 114 valence electrons. The van der Waals surface area contributed by atoms with Crippen LogP contribution in [0.1, 0.15) is 28.9 Å². The molecule has 4 nitrogen and oxygen atoms in total. The zero-order valence-electron chi connectivity index (χ0n) is 12.3. The second kappa shape index (κ2) is 6.46. The first-order valence-corrected chi connectivity index (χ1v) is 7.62. The molecule has 1 fully saturated rings. The van der Waals surface area contributed by atoms with Gasteiger partial charge in [-0.3, -0.25) is 4.79 Å². The van der Waals surface area contributed by atoms with E-state index in [1.807, 2.05) is 42.2 Å². The van der Waals surface area contributed by atoms with Crippen molar-refractivity contribution in [3.63, 3.8) is 0 Å². The monoisotopic (exact) mass is 316 g/mol. The predicted octanol–water partition coefficient (Wildman–Crippen LogP) is 3.34. The summed E-state index contributed by atoms with van der Waals surface area (Å²) in [6, 6.07) is 13.2. The van der Waals surface area contributed by atoms with E-state index in [1.54, 1.807) is 12.1 Å². The van der Waals surface area contributed by atoms with Gasteiger partial charge in [-0.1, -0.05) is 41.9 Å². The summed E-state index contributed by atoms with van der Waals surface area (Å²) < 4.78 is 5.75. The Balaban J connectivity index is 1.90. The first kappa shape index (κ1) is 15.0. The number of halogens is 1. The number of hydrogen-bond acceptors (Lipinski definition) is 3. The Labute approximate surface area is 134 Å². The van der Waals surface area contributed by atoms with Crippen LogP contribution in [0.5, 0.6) is 0 Å². The van der Waals surface area contributed by atoms with Gasteiger partial charge in [-0.15, -0.1) is 0 Å². The molecule has 3 rings (SSSR count). The minimum Gasteiger partial charge on any atom is -0.374 e. The molecule has 1 amide bonds. The number of pyridine rings is 1. The number of benzene rings is 1. The van der Waals surface area contributed by atoms with Crippen molar-refractivity contribution in [1.82, 2.24) is 9.88 Å². The fraction of sp³-hybridized carbons (Fsp3) is 0.294. The second-order valence-corrected chi connectivity index (χ2v) is 5.78. The van der Waals surface area contributed by atoms with Gasteiger partial charge in [0.25, 0.3) is 5.91 Å². The van der Waals surface area contributed by atoms with E-state index >= 15 is 0 Å². The molecule has 0 N–H and O–H groups in total. The molecule has 0 bridgehead atoms. The number of aromatic nitrogens is 1. The van der Waals surface area contributed by atoms with Gasteiger partial charge in [0.2, 0.25) is 0 Å². The van der Waals surface area contributed by atoms with Crippen LogP contribution in [-0.4, -0.2) is 35.0 Å². The fourth-order valence-electron chi connectivity index (χ4n) is 2.65. The SMILES string of the molecule is C[C@H]1CN(C(=O)c2ccc(Cl)nc2)[C@@H](c2ccccc2)CO1. The van der Waals surface area contributed by atoms with Gasteiger partial charge < -0.3 is 9.64 Å². The highest BCUT2D eigenvalue weighted by Gasteiger charge is 2.32. The summed E-state index contributed by atoms with van der Waals surface area (Å²) in [6.45, 7) is 3.03. The average Bonchev–Trinajstić information content (AvgIpc) is 2.55. The molecule has 5 heteroatoms. The van der Waals surface area contributed by atoms with E-state index in [1.165, 1.54) is 6.20 Å². The molecule has 2 aromatic rings. The molecular weight excluding hydrogens is 300 g/mol. The lowest BCUT2D eigenvalue weighted by Gasteiger charge is -2.39. The van der Waals surface area contributed by atoms with Crippen LogP contribution >= 0.6 is 11.6 Å². The highest BCUT2D eigenvalue weighted by molar-refractivity contribution is 6.29. The first-order valence-electron chi connectivity index (χ1n) is 7.24. The van der Waals surface area contributed by atoms with E-state index in [2.05, 4.69) is 4.98 Å². The fourth-order valence-corrected chi connectivity index (χ4v) is 2.76. The summed E-state index contributed by atoms with van der Waals surface area (Å²) in [6.07, 6.45) is 1.54. The molecule has 2 atom stereocenters. The van der Waals surface area contributed by atoms with Crippen molar-refractivity contribution in [3.05, 3.63) is 64.9 Å². The van der Waals surface area contributed by atoms with Crippen LogP contribution < -0.4 is 0 Å². The number of carbonyl (C=O) groups excluding carboxylic acids is 1. The summed E-state index contributed by atoms with van der Waals surface area (Å²) in [5.41, 5.74) is 1.61. The van der Waals surface area contributed by atoms with E-state index in [4.69, 9.17) is 16.3 Å². The zero-order valence-corrected chi connectivity index (χ0v) is 13.0. The van der Waals surface area contributed by atoms with Gasteiger partial charge in [-0.2, -0.15) is 0 Å². The smallest absolute Gasteiger partial charge is 0.256 e. The van der Waals surface area contributed by atoms with Crippen molar-refractivity contribution >= 4 is 17.5 Å². The van der Waals surface area contributed by atoms with E-state index < -0.39 is 0 Å². The molecule has 22 heavy (non-hydrogen) atoms. The van der Waals surface area contributed by atoms with Crippen LogP contribution in [0.15, 0.2) is 48.7 Å². The Bertz CT molecular complexity index is 645. The Kier molecular flexibility index (Phi) is 4.41. The maximum Gasteiger partial charge on any atom is 0.256 e. The number of amides is 1. The van der Waals surface area contributed by atoms with Crippen molar-refractivity contribution in [2.45, 2.75) is 19.1 Å². The van der Waals surface area contributed by atoms with Crippen LogP contribution in [0.2, 0.25) is 5.15 Å². The molecule has 0 spiro atoms. The number of ether oxygens (including phenoxy) is 1. The van der Waals surface area contributed by atoms with Gasteiger partial charge in [0.05, 0.1) is 24.3 Å². The van der Waals surface area contributed by atoms with E-state index in [0.717, 1.165) is 5.56 Å². The van der Waals surface area contributed by atoms with Gasteiger partial charge >= 0.3 is 0 Å². The summed E-state index contributed by atoms with van der Waals surface area (Å²) in [5.74, 6) is -0.0480. The lowest BCUT2D eigenvalue weighted by molar-refractivity contribution is -0.0447. The maximum atomic E-state index is 12.8. The number of morpholine rings is 1. The topological polar surface area (TPSA) is 42.4 Å². The van der Waals surface area contributed by atoms with E-state index in [-0.39, 0.29) is 18.1 Å². The van der Waals surface area contributed by atoms with Gasteiger partial charge in [-0.25, -0.2) is 4.98 Å². The Morgan fingerprint density at radius 3 is 2.73 bits per heavy atom. The molecule has 0 unspecified atom stereocenters. The molecule has 0 radical (unpaired) electrons. The van der Waals surface area contributed by atoms with Gasteiger partial charge in [0, 0.05) is 12.7 Å². The quantitative estimate of drug-likeness (QED) is 0.798. The summed E-state index contributed by atoms with van der Waals surface area (Å²) >= 11 is 5.79. The van der Waals surface area contributed by atoms with E-state index in [9.17, 15) is 4.79 Å². The Morgan fingerprint density at radius 1 is 1.27 bits per heavy atom. The van der Waals surface area contributed by atoms with Crippen molar-refractivity contribution in [2.24, 2.45) is 0 Å². The highest BCUT2D eigenvalue weighted by atomic mass is 35.5. The maximum absolute atomic E-state index is 12.8. The molecule has 0 aliphatic carbocycles. The third kappa shape index (κ3) is 3.13. The normalized spacial score (nSPS) is 21.6. The molecule has 1 aliphatic rings. The Morgan fingerprint density at radius 2 is 2.05 bits per heavy atom. The third-order valence-electron chi connectivity index (χ3n) is 3.79.